The van der Waals surface area contributed by atoms with Crippen LogP contribution in [0.15, 0.2) is 30.3 Å². The van der Waals surface area contributed by atoms with Crippen molar-refractivity contribution in [1.82, 2.24) is 4.90 Å². The van der Waals surface area contributed by atoms with Crippen LogP contribution in [0.25, 0.3) is 0 Å². The van der Waals surface area contributed by atoms with Crippen LogP contribution >= 0.6 is 11.6 Å². The van der Waals surface area contributed by atoms with Crippen LogP contribution in [0.3, 0.4) is 0 Å². The molecule has 1 aliphatic rings. The van der Waals surface area contributed by atoms with E-state index in [2.05, 4.69) is 35.2 Å². The molecule has 0 spiro atoms. The monoisotopic (exact) mass is 251 g/mol. The maximum Gasteiger partial charge on any atom is 0.0351 e. The highest BCUT2D eigenvalue weighted by Crippen LogP contribution is 2.29. The summed E-state index contributed by atoms with van der Waals surface area (Å²) in [7, 11) is 0. The first kappa shape index (κ1) is 12.9. The highest BCUT2D eigenvalue weighted by Gasteiger charge is 2.18. The van der Waals surface area contributed by atoms with Gasteiger partial charge in [0.1, 0.15) is 0 Å². The van der Waals surface area contributed by atoms with Crippen molar-refractivity contribution < 1.29 is 0 Å². The minimum Gasteiger partial charge on any atom is -0.298 e. The lowest BCUT2D eigenvalue weighted by Gasteiger charge is -2.29. The zero-order valence-corrected chi connectivity index (χ0v) is 11.2. The molecule has 1 aromatic carbocycles. The fraction of sp³-hybridized carbons (Fsp3) is 0.600. The minimum absolute atomic E-state index is 0.734. The van der Waals surface area contributed by atoms with Crippen molar-refractivity contribution >= 4 is 11.6 Å². The molecule has 1 saturated carbocycles. The first-order valence-corrected chi connectivity index (χ1v) is 7.24. The molecule has 0 saturated heterocycles. The molecule has 0 N–H and O–H groups in total. The van der Waals surface area contributed by atoms with E-state index in [1.807, 2.05) is 0 Å². The average molecular weight is 252 g/mol. The van der Waals surface area contributed by atoms with Crippen molar-refractivity contribution in [1.29, 1.82) is 0 Å². The number of rotatable bonds is 7. The van der Waals surface area contributed by atoms with E-state index < -0.39 is 0 Å². The van der Waals surface area contributed by atoms with Gasteiger partial charge in [0, 0.05) is 19.0 Å². The second-order valence-electron chi connectivity index (χ2n) is 5.04. The molecule has 0 unspecified atom stereocenters. The van der Waals surface area contributed by atoms with Crippen LogP contribution in [0.4, 0.5) is 0 Å². The Labute approximate surface area is 110 Å². The average Bonchev–Trinajstić information content (AvgIpc) is 2.28. The molecule has 1 fully saturated rings. The Morgan fingerprint density at radius 3 is 2.47 bits per heavy atom. The summed E-state index contributed by atoms with van der Waals surface area (Å²) < 4.78 is 0. The first-order valence-electron chi connectivity index (χ1n) is 6.70. The Balaban J connectivity index is 1.79. The van der Waals surface area contributed by atoms with Gasteiger partial charge in [-0.2, -0.15) is 0 Å². The van der Waals surface area contributed by atoms with Crippen molar-refractivity contribution in [3.05, 3.63) is 35.9 Å². The van der Waals surface area contributed by atoms with Crippen LogP contribution < -0.4 is 0 Å². The number of hydrogen-bond donors (Lipinski definition) is 0. The molecule has 0 radical (unpaired) electrons. The summed E-state index contributed by atoms with van der Waals surface area (Å²) in [6.07, 6.45) is 5.68. The summed E-state index contributed by atoms with van der Waals surface area (Å²) >= 11 is 5.88. The standard InChI is InChI=1S/C15H22ClN/c16-10-12-17(11-9-14-7-4-8-14)13-15-5-2-1-3-6-15/h1-3,5-6,14H,4,7-13H2. The summed E-state index contributed by atoms with van der Waals surface area (Å²) in [5, 5.41) is 0. The van der Waals surface area contributed by atoms with Crippen LogP contribution in [0.1, 0.15) is 31.2 Å². The van der Waals surface area contributed by atoms with Crippen molar-refractivity contribution in [2.45, 2.75) is 32.2 Å². The Morgan fingerprint density at radius 2 is 1.88 bits per heavy atom. The van der Waals surface area contributed by atoms with Gasteiger partial charge in [-0.3, -0.25) is 4.90 Å². The summed E-state index contributed by atoms with van der Waals surface area (Å²) in [5.74, 6) is 1.72. The highest BCUT2D eigenvalue weighted by atomic mass is 35.5. The molecule has 0 aromatic heterocycles. The van der Waals surface area contributed by atoms with Crippen LogP contribution in [0.2, 0.25) is 0 Å². The number of benzene rings is 1. The minimum atomic E-state index is 0.734. The molecule has 2 rings (SSSR count). The number of halogens is 1. The van der Waals surface area contributed by atoms with Crippen molar-refractivity contribution in [3.8, 4) is 0 Å². The topological polar surface area (TPSA) is 3.24 Å². The molecule has 0 atom stereocenters. The zero-order valence-electron chi connectivity index (χ0n) is 10.4. The predicted octanol–water partition coefficient (Wildman–Crippen LogP) is 3.92. The van der Waals surface area contributed by atoms with Gasteiger partial charge in [0.05, 0.1) is 0 Å². The molecule has 2 heteroatoms. The van der Waals surface area contributed by atoms with Crippen LogP contribution in [-0.4, -0.2) is 23.9 Å². The van der Waals surface area contributed by atoms with E-state index in [-0.39, 0.29) is 0 Å². The summed E-state index contributed by atoms with van der Waals surface area (Å²) in [6, 6.07) is 10.7. The molecule has 17 heavy (non-hydrogen) atoms. The molecule has 0 amide bonds. The molecule has 1 nitrogen and oxygen atoms in total. The molecular formula is C15H22ClN. The predicted molar refractivity (Wildman–Crippen MR) is 74.4 cm³/mol. The lowest BCUT2D eigenvalue weighted by Crippen LogP contribution is -2.29. The summed E-state index contributed by atoms with van der Waals surface area (Å²) in [4.78, 5) is 2.49. The van der Waals surface area contributed by atoms with E-state index in [0.29, 0.717) is 0 Å². The smallest absolute Gasteiger partial charge is 0.0351 e. The van der Waals surface area contributed by atoms with E-state index in [1.165, 1.54) is 37.8 Å². The maximum absolute atomic E-state index is 5.88. The lowest BCUT2D eigenvalue weighted by molar-refractivity contribution is 0.215. The maximum atomic E-state index is 5.88. The number of hydrogen-bond acceptors (Lipinski definition) is 1. The van der Waals surface area contributed by atoms with Crippen molar-refractivity contribution in [2.75, 3.05) is 19.0 Å². The van der Waals surface area contributed by atoms with E-state index in [4.69, 9.17) is 11.6 Å². The van der Waals surface area contributed by atoms with Gasteiger partial charge in [0.15, 0.2) is 0 Å². The first-order chi connectivity index (χ1) is 8.38. The van der Waals surface area contributed by atoms with E-state index in [0.717, 1.165) is 24.9 Å². The van der Waals surface area contributed by atoms with Gasteiger partial charge in [-0.15, -0.1) is 11.6 Å². The zero-order chi connectivity index (χ0) is 11.9. The van der Waals surface area contributed by atoms with Gasteiger partial charge < -0.3 is 0 Å². The van der Waals surface area contributed by atoms with Crippen LogP contribution in [0.5, 0.6) is 0 Å². The summed E-state index contributed by atoms with van der Waals surface area (Å²) in [5.41, 5.74) is 1.39. The van der Waals surface area contributed by atoms with Gasteiger partial charge >= 0.3 is 0 Å². The molecule has 0 heterocycles. The molecule has 1 aromatic rings. The number of alkyl halides is 1. The molecular weight excluding hydrogens is 230 g/mol. The Kier molecular flexibility index (Phi) is 5.34. The fourth-order valence-electron chi connectivity index (χ4n) is 2.38. The SMILES string of the molecule is ClCCN(CCC1CCC1)Cc1ccccc1. The highest BCUT2D eigenvalue weighted by molar-refractivity contribution is 6.18. The van der Waals surface area contributed by atoms with E-state index in [1.54, 1.807) is 0 Å². The largest absolute Gasteiger partial charge is 0.298 e. The third kappa shape index (κ3) is 4.33. The fourth-order valence-corrected chi connectivity index (χ4v) is 2.62. The van der Waals surface area contributed by atoms with Crippen LogP contribution in [-0.2, 0) is 6.54 Å². The van der Waals surface area contributed by atoms with Gasteiger partial charge in [-0.1, -0.05) is 49.6 Å². The third-order valence-corrected chi connectivity index (χ3v) is 3.90. The summed E-state index contributed by atoms with van der Waals surface area (Å²) in [6.45, 7) is 3.25. The third-order valence-electron chi connectivity index (χ3n) is 3.73. The second-order valence-corrected chi connectivity index (χ2v) is 5.41. The van der Waals surface area contributed by atoms with Gasteiger partial charge in [0.2, 0.25) is 0 Å². The lowest BCUT2D eigenvalue weighted by atomic mass is 9.83. The quantitative estimate of drug-likeness (QED) is 0.664. The van der Waals surface area contributed by atoms with E-state index in [9.17, 15) is 0 Å². The second kappa shape index (κ2) is 7.03. The van der Waals surface area contributed by atoms with Gasteiger partial charge in [-0.05, 0) is 24.4 Å². The molecule has 1 aliphatic carbocycles. The normalized spacial score (nSPS) is 16.1. The van der Waals surface area contributed by atoms with Crippen molar-refractivity contribution in [3.63, 3.8) is 0 Å². The Morgan fingerprint density at radius 1 is 1.12 bits per heavy atom. The Hall–Kier alpha value is -0.530. The van der Waals surface area contributed by atoms with Gasteiger partial charge in [0.25, 0.3) is 0 Å². The number of nitrogens with zero attached hydrogens (tertiary/aromatic N) is 1. The molecule has 94 valence electrons. The van der Waals surface area contributed by atoms with Crippen LogP contribution in [0, 0.1) is 5.92 Å². The van der Waals surface area contributed by atoms with Gasteiger partial charge in [-0.25, -0.2) is 0 Å². The van der Waals surface area contributed by atoms with Crippen molar-refractivity contribution in [2.24, 2.45) is 5.92 Å². The molecule has 0 aliphatic heterocycles. The Bertz CT molecular complexity index is 308. The van der Waals surface area contributed by atoms with E-state index >= 15 is 0 Å². The molecule has 0 bridgehead atoms.